The maximum Gasteiger partial charge on any atom is 0.141 e. The van der Waals surface area contributed by atoms with Crippen LogP contribution in [0.15, 0.2) is 85.5 Å². The van der Waals surface area contributed by atoms with Crippen LogP contribution in [0.5, 0.6) is 5.75 Å². The molecule has 0 aliphatic carbocycles. The molecule has 10 heteroatoms. The molecule has 0 amide bonds. The van der Waals surface area contributed by atoms with E-state index in [-0.39, 0.29) is 19.0 Å². The quantitative estimate of drug-likeness (QED) is 0.181. The predicted octanol–water partition coefficient (Wildman–Crippen LogP) is 5.50. The molecule has 0 saturated carbocycles. The first-order valence-corrected chi connectivity index (χ1v) is 13.6. The molecule has 5 rings (SSSR count). The molecule has 0 spiro atoms. The summed E-state index contributed by atoms with van der Waals surface area (Å²) < 4.78 is 21.2. The SMILES string of the molecule is CN(CCO)CC(O)Cn1ccc(-c2ccc3ncnc(Nc4ccc(OCc5cccc(F)c5)c(Cl)c4)c3c2)c1. The number of aromatic nitrogens is 3. The van der Waals surface area contributed by atoms with Crippen LogP contribution in [0.4, 0.5) is 15.9 Å². The summed E-state index contributed by atoms with van der Waals surface area (Å²) >= 11 is 6.49. The molecule has 0 aliphatic heterocycles. The number of likely N-dealkylation sites (N-methyl/N-ethyl adjacent to an activating group) is 1. The monoisotopic (exact) mass is 575 g/mol. The van der Waals surface area contributed by atoms with Crippen LogP contribution in [-0.4, -0.2) is 62.5 Å². The third kappa shape index (κ3) is 7.39. The van der Waals surface area contributed by atoms with Crippen LogP contribution >= 0.6 is 11.6 Å². The lowest BCUT2D eigenvalue weighted by atomic mass is 10.1. The predicted molar refractivity (Wildman–Crippen MR) is 159 cm³/mol. The van der Waals surface area contributed by atoms with Crippen LogP contribution in [0, 0.1) is 5.82 Å². The number of benzene rings is 3. The summed E-state index contributed by atoms with van der Waals surface area (Å²) in [6.45, 7) is 1.70. The van der Waals surface area contributed by atoms with E-state index in [1.165, 1.54) is 18.5 Å². The van der Waals surface area contributed by atoms with Crippen molar-refractivity contribution in [2.45, 2.75) is 19.3 Å². The fraction of sp³-hybridized carbons (Fsp3) is 0.226. The molecule has 8 nitrogen and oxygen atoms in total. The van der Waals surface area contributed by atoms with Gasteiger partial charge in [0.1, 0.15) is 30.3 Å². The Hall–Kier alpha value is -4.02. The molecule has 212 valence electrons. The first kappa shape index (κ1) is 28.5. The highest BCUT2D eigenvalue weighted by atomic mass is 35.5. The van der Waals surface area contributed by atoms with E-state index in [4.69, 9.17) is 21.4 Å². The Morgan fingerprint density at radius 1 is 1.07 bits per heavy atom. The molecule has 2 heterocycles. The number of nitrogens with zero attached hydrogens (tertiary/aromatic N) is 4. The third-order valence-corrected chi connectivity index (χ3v) is 6.92. The van der Waals surface area contributed by atoms with Crippen molar-refractivity contribution >= 4 is 34.0 Å². The van der Waals surface area contributed by atoms with Gasteiger partial charge in [-0.1, -0.05) is 29.8 Å². The molecule has 0 bridgehead atoms. The number of rotatable bonds is 12. The van der Waals surface area contributed by atoms with Gasteiger partial charge in [-0.3, -0.25) is 0 Å². The summed E-state index contributed by atoms with van der Waals surface area (Å²) in [6, 6.07) is 19.6. The molecule has 5 aromatic rings. The average molecular weight is 576 g/mol. The zero-order valence-electron chi connectivity index (χ0n) is 22.5. The molecule has 3 N–H and O–H groups in total. The van der Waals surface area contributed by atoms with Crippen molar-refractivity contribution in [2.24, 2.45) is 0 Å². The van der Waals surface area contributed by atoms with Gasteiger partial charge in [0.05, 0.1) is 23.3 Å². The first-order valence-electron chi connectivity index (χ1n) is 13.2. The normalized spacial score (nSPS) is 12.1. The summed E-state index contributed by atoms with van der Waals surface area (Å²) in [5, 5.41) is 24.1. The molecule has 0 saturated heterocycles. The molecule has 1 atom stereocenters. The minimum Gasteiger partial charge on any atom is -0.487 e. The molecule has 1 unspecified atom stereocenters. The van der Waals surface area contributed by atoms with Crippen LogP contribution in [0.3, 0.4) is 0 Å². The van der Waals surface area contributed by atoms with Crippen molar-refractivity contribution < 1.29 is 19.3 Å². The number of aliphatic hydroxyl groups excluding tert-OH is 2. The lowest BCUT2D eigenvalue weighted by Gasteiger charge is -2.19. The van der Waals surface area contributed by atoms with Crippen LogP contribution in [0.2, 0.25) is 5.02 Å². The van der Waals surface area contributed by atoms with Gasteiger partial charge in [-0.2, -0.15) is 0 Å². The number of hydrogen-bond donors (Lipinski definition) is 3. The Morgan fingerprint density at radius 3 is 2.76 bits per heavy atom. The Bertz CT molecular complexity index is 1630. The number of halogens is 2. The zero-order valence-corrected chi connectivity index (χ0v) is 23.3. The van der Waals surface area contributed by atoms with E-state index in [9.17, 15) is 9.50 Å². The lowest BCUT2D eigenvalue weighted by molar-refractivity contribution is 0.101. The maximum atomic E-state index is 13.5. The summed E-state index contributed by atoms with van der Waals surface area (Å²) in [5.41, 5.74) is 4.21. The Balaban J connectivity index is 1.30. The molecular weight excluding hydrogens is 545 g/mol. The number of ether oxygens (including phenoxy) is 1. The minimum absolute atomic E-state index is 0.0597. The third-order valence-electron chi connectivity index (χ3n) is 6.62. The largest absolute Gasteiger partial charge is 0.487 e. The summed E-state index contributed by atoms with van der Waals surface area (Å²) in [4.78, 5) is 10.8. The highest BCUT2D eigenvalue weighted by molar-refractivity contribution is 6.32. The number of fused-ring (bicyclic) bond motifs is 1. The zero-order chi connectivity index (χ0) is 28.8. The number of anilines is 2. The van der Waals surface area contributed by atoms with Crippen LogP contribution in [0.1, 0.15) is 5.56 Å². The molecule has 0 radical (unpaired) electrons. The molecular formula is C31H31ClFN5O3. The summed E-state index contributed by atoms with van der Waals surface area (Å²) in [6.07, 6.45) is 4.89. The lowest BCUT2D eigenvalue weighted by Crippen LogP contribution is -2.33. The van der Waals surface area contributed by atoms with Gasteiger partial charge in [-0.05, 0) is 72.3 Å². The highest BCUT2D eigenvalue weighted by Gasteiger charge is 2.12. The van der Waals surface area contributed by atoms with E-state index in [1.54, 1.807) is 24.3 Å². The molecule has 0 aliphatic rings. The van der Waals surface area contributed by atoms with Crippen LogP contribution in [0.25, 0.3) is 22.0 Å². The van der Waals surface area contributed by atoms with E-state index in [1.807, 2.05) is 59.2 Å². The average Bonchev–Trinajstić information content (AvgIpc) is 3.41. The van der Waals surface area contributed by atoms with Crippen molar-refractivity contribution in [2.75, 3.05) is 32.1 Å². The molecule has 41 heavy (non-hydrogen) atoms. The van der Waals surface area contributed by atoms with Gasteiger partial charge in [0, 0.05) is 43.1 Å². The number of hydrogen-bond acceptors (Lipinski definition) is 7. The van der Waals surface area contributed by atoms with Gasteiger partial charge in [0.15, 0.2) is 0 Å². The molecule has 2 aromatic heterocycles. The minimum atomic E-state index is -0.558. The van der Waals surface area contributed by atoms with E-state index in [2.05, 4.69) is 15.3 Å². The van der Waals surface area contributed by atoms with Crippen molar-refractivity contribution in [1.29, 1.82) is 0 Å². The second-order valence-electron chi connectivity index (χ2n) is 9.88. The summed E-state index contributed by atoms with van der Waals surface area (Å²) in [7, 11) is 1.87. The van der Waals surface area contributed by atoms with Crippen molar-refractivity contribution in [3.05, 3.63) is 102 Å². The molecule has 0 fully saturated rings. The summed E-state index contributed by atoms with van der Waals surface area (Å²) in [5.74, 6) is 0.806. The fourth-order valence-corrected chi connectivity index (χ4v) is 4.84. The van der Waals surface area contributed by atoms with E-state index in [0.29, 0.717) is 41.8 Å². The van der Waals surface area contributed by atoms with Crippen molar-refractivity contribution in [3.8, 4) is 16.9 Å². The van der Waals surface area contributed by atoms with Crippen molar-refractivity contribution in [1.82, 2.24) is 19.4 Å². The Morgan fingerprint density at radius 2 is 1.95 bits per heavy atom. The first-order chi connectivity index (χ1) is 19.9. The number of nitrogens with one attached hydrogen (secondary N) is 1. The smallest absolute Gasteiger partial charge is 0.141 e. The van der Waals surface area contributed by atoms with Crippen molar-refractivity contribution in [3.63, 3.8) is 0 Å². The van der Waals surface area contributed by atoms with Gasteiger partial charge in [-0.25, -0.2) is 14.4 Å². The van der Waals surface area contributed by atoms with Gasteiger partial charge in [0.25, 0.3) is 0 Å². The maximum absolute atomic E-state index is 13.5. The standard InChI is InChI=1S/C31H31ClFN5O3/c1-37(11-12-39)17-26(40)18-38-10-9-23(16-38)22-5-7-29-27(14-22)31(35-20-34-29)36-25-6-8-30(28(32)15-25)41-19-21-3-2-4-24(33)13-21/h2-10,13-16,20,26,39-40H,11-12,17-19H2,1H3,(H,34,35,36). The topological polar surface area (TPSA) is 95.7 Å². The van der Waals surface area contributed by atoms with E-state index < -0.39 is 6.10 Å². The number of aliphatic hydroxyl groups is 2. The van der Waals surface area contributed by atoms with Crippen LogP contribution in [-0.2, 0) is 13.2 Å². The second kappa shape index (κ2) is 13.1. The fourth-order valence-electron chi connectivity index (χ4n) is 4.60. The van der Waals surface area contributed by atoms with E-state index >= 15 is 0 Å². The van der Waals surface area contributed by atoms with Gasteiger partial charge in [0.2, 0.25) is 0 Å². The van der Waals surface area contributed by atoms with Gasteiger partial charge >= 0.3 is 0 Å². The van der Waals surface area contributed by atoms with Gasteiger partial charge in [-0.15, -0.1) is 0 Å². The molecule has 3 aromatic carbocycles. The second-order valence-corrected chi connectivity index (χ2v) is 10.3. The Kier molecular flexibility index (Phi) is 9.11. The Labute approximate surface area is 242 Å². The van der Waals surface area contributed by atoms with E-state index in [0.717, 1.165) is 27.7 Å². The van der Waals surface area contributed by atoms with Gasteiger partial charge < -0.3 is 29.7 Å². The van der Waals surface area contributed by atoms with Crippen LogP contribution < -0.4 is 10.1 Å². The highest BCUT2D eigenvalue weighted by Crippen LogP contribution is 2.32.